The molecule has 5 heteroatoms. The van der Waals surface area contributed by atoms with Gasteiger partial charge >= 0.3 is 0 Å². The van der Waals surface area contributed by atoms with Gasteiger partial charge in [-0.3, -0.25) is 0 Å². The molecule has 0 radical (unpaired) electrons. The first-order chi connectivity index (χ1) is 8.19. The summed E-state index contributed by atoms with van der Waals surface area (Å²) in [5.74, 6) is 4.02. The third-order valence-corrected chi connectivity index (χ3v) is 4.64. The number of rotatable bonds is 7. The van der Waals surface area contributed by atoms with Gasteiger partial charge in [-0.25, -0.2) is 9.97 Å². The SMILES string of the molecule is CCCNc1nc(CSCCC)nc(C)c1I. The van der Waals surface area contributed by atoms with E-state index >= 15 is 0 Å². The Morgan fingerprint density at radius 3 is 2.65 bits per heavy atom. The number of nitrogens with zero attached hydrogens (tertiary/aromatic N) is 2. The van der Waals surface area contributed by atoms with Gasteiger partial charge in [-0.05, 0) is 48.1 Å². The van der Waals surface area contributed by atoms with E-state index in [0.29, 0.717) is 0 Å². The first kappa shape index (κ1) is 15.0. The number of aromatic nitrogens is 2. The van der Waals surface area contributed by atoms with Crippen LogP contribution in [0.5, 0.6) is 0 Å². The number of anilines is 1. The van der Waals surface area contributed by atoms with Gasteiger partial charge in [0.2, 0.25) is 0 Å². The lowest BCUT2D eigenvalue weighted by atomic mass is 10.4. The van der Waals surface area contributed by atoms with E-state index in [1.165, 1.54) is 12.2 Å². The van der Waals surface area contributed by atoms with Crippen molar-refractivity contribution in [3.63, 3.8) is 0 Å². The molecule has 17 heavy (non-hydrogen) atoms. The zero-order valence-electron chi connectivity index (χ0n) is 10.7. The zero-order valence-corrected chi connectivity index (χ0v) is 13.7. The Kier molecular flexibility index (Phi) is 7.18. The average molecular weight is 365 g/mol. The minimum absolute atomic E-state index is 0.909. The molecular formula is C12H20IN3S. The van der Waals surface area contributed by atoms with Crippen LogP contribution in [0, 0.1) is 10.5 Å². The monoisotopic (exact) mass is 365 g/mol. The first-order valence-corrected chi connectivity index (χ1v) is 8.27. The Morgan fingerprint density at radius 1 is 1.24 bits per heavy atom. The van der Waals surface area contributed by atoms with Crippen LogP contribution in [-0.4, -0.2) is 22.3 Å². The van der Waals surface area contributed by atoms with E-state index in [-0.39, 0.29) is 0 Å². The highest BCUT2D eigenvalue weighted by molar-refractivity contribution is 14.1. The van der Waals surface area contributed by atoms with E-state index in [0.717, 1.165) is 39.6 Å². The first-order valence-electron chi connectivity index (χ1n) is 6.03. The average Bonchev–Trinajstić information content (AvgIpc) is 2.32. The highest BCUT2D eigenvalue weighted by atomic mass is 127. The van der Waals surface area contributed by atoms with Crippen LogP contribution < -0.4 is 5.32 Å². The van der Waals surface area contributed by atoms with Gasteiger partial charge in [-0.2, -0.15) is 11.8 Å². The van der Waals surface area contributed by atoms with E-state index < -0.39 is 0 Å². The van der Waals surface area contributed by atoms with Gasteiger partial charge < -0.3 is 5.32 Å². The van der Waals surface area contributed by atoms with Crippen molar-refractivity contribution in [2.45, 2.75) is 39.4 Å². The smallest absolute Gasteiger partial charge is 0.143 e. The summed E-state index contributed by atoms with van der Waals surface area (Å²) >= 11 is 4.21. The summed E-state index contributed by atoms with van der Waals surface area (Å²) in [6.45, 7) is 7.37. The minimum Gasteiger partial charge on any atom is -0.369 e. The predicted octanol–water partition coefficient (Wildman–Crippen LogP) is 3.85. The van der Waals surface area contributed by atoms with Gasteiger partial charge in [0.1, 0.15) is 11.6 Å². The maximum absolute atomic E-state index is 4.59. The van der Waals surface area contributed by atoms with Crippen LogP contribution in [0.4, 0.5) is 5.82 Å². The topological polar surface area (TPSA) is 37.8 Å². The van der Waals surface area contributed by atoms with Crippen molar-refractivity contribution in [2.24, 2.45) is 0 Å². The highest BCUT2D eigenvalue weighted by Gasteiger charge is 2.08. The van der Waals surface area contributed by atoms with E-state index in [2.05, 4.69) is 58.6 Å². The molecule has 0 fully saturated rings. The van der Waals surface area contributed by atoms with Crippen molar-refractivity contribution in [3.05, 3.63) is 15.1 Å². The fourth-order valence-corrected chi connectivity index (χ4v) is 2.53. The van der Waals surface area contributed by atoms with Crippen LogP contribution in [-0.2, 0) is 5.75 Å². The molecule has 0 unspecified atom stereocenters. The Morgan fingerprint density at radius 2 is 2.00 bits per heavy atom. The summed E-state index contributed by atoms with van der Waals surface area (Å²) in [7, 11) is 0. The van der Waals surface area contributed by atoms with Crippen molar-refractivity contribution in [3.8, 4) is 0 Å². The van der Waals surface area contributed by atoms with Crippen molar-refractivity contribution in [1.29, 1.82) is 0 Å². The molecular weight excluding hydrogens is 345 g/mol. The molecule has 0 spiro atoms. The molecule has 1 rings (SSSR count). The van der Waals surface area contributed by atoms with Crippen molar-refractivity contribution < 1.29 is 0 Å². The molecule has 1 heterocycles. The lowest BCUT2D eigenvalue weighted by Gasteiger charge is -2.10. The molecule has 0 atom stereocenters. The second kappa shape index (κ2) is 8.13. The summed E-state index contributed by atoms with van der Waals surface area (Å²) in [4.78, 5) is 9.13. The molecule has 3 nitrogen and oxygen atoms in total. The molecule has 1 aromatic rings. The maximum atomic E-state index is 4.59. The van der Waals surface area contributed by atoms with E-state index in [9.17, 15) is 0 Å². The lowest BCUT2D eigenvalue weighted by Crippen LogP contribution is -2.08. The van der Waals surface area contributed by atoms with Crippen molar-refractivity contribution in [1.82, 2.24) is 9.97 Å². The largest absolute Gasteiger partial charge is 0.369 e. The number of aryl methyl sites for hydroxylation is 1. The Balaban J connectivity index is 2.74. The number of thioether (sulfide) groups is 1. The van der Waals surface area contributed by atoms with Crippen LogP contribution in [0.25, 0.3) is 0 Å². The fraction of sp³-hybridized carbons (Fsp3) is 0.667. The zero-order chi connectivity index (χ0) is 12.7. The molecule has 1 aromatic heterocycles. The Hall–Kier alpha value is -0.0400. The number of nitrogens with one attached hydrogen (secondary N) is 1. The summed E-state index contributed by atoms with van der Waals surface area (Å²) < 4.78 is 1.14. The molecule has 0 aliphatic heterocycles. The van der Waals surface area contributed by atoms with Crippen LogP contribution >= 0.6 is 34.4 Å². The molecule has 0 amide bonds. The van der Waals surface area contributed by atoms with Crippen molar-refractivity contribution in [2.75, 3.05) is 17.6 Å². The summed E-state index contributed by atoms with van der Waals surface area (Å²) in [5.41, 5.74) is 1.08. The number of hydrogen-bond donors (Lipinski definition) is 1. The van der Waals surface area contributed by atoms with Gasteiger partial charge in [0, 0.05) is 6.54 Å². The Bertz CT molecular complexity index is 358. The van der Waals surface area contributed by atoms with Gasteiger partial charge in [0.25, 0.3) is 0 Å². The Labute approximate surface area is 122 Å². The molecule has 0 saturated carbocycles. The predicted molar refractivity (Wildman–Crippen MR) is 84.7 cm³/mol. The quantitative estimate of drug-likeness (QED) is 0.588. The van der Waals surface area contributed by atoms with E-state index in [1.807, 2.05) is 11.8 Å². The van der Waals surface area contributed by atoms with Crippen LogP contribution in [0.1, 0.15) is 38.2 Å². The summed E-state index contributed by atoms with van der Waals surface area (Å²) in [6.07, 6.45) is 2.31. The summed E-state index contributed by atoms with van der Waals surface area (Å²) in [5, 5.41) is 3.37. The third kappa shape index (κ3) is 4.99. The minimum atomic E-state index is 0.909. The number of hydrogen-bond acceptors (Lipinski definition) is 4. The summed E-state index contributed by atoms with van der Waals surface area (Å²) in [6, 6.07) is 0. The molecule has 0 aliphatic carbocycles. The van der Waals surface area contributed by atoms with Gasteiger partial charge in [-0.1, -0.05) is 13.8 Å². The van der Waals surface area contributed by atoms with Crippen LogP contribution in [0.15, 0.2) is 0 Å². The fourth-order valence-electron chi connectivity index (χ4n) is 1.35. The van der Waals surface area contributed by atoms with Crippen molar-refractivity contribution >= 4 is 40.2 Å². The van der Waals surface area contributed by atoms with Crippen LogP contribution in [0.2, 0.25) is 0 Å². The maximum Gasteiger partial charge on any atom is 0.143 e. The lowest BCUT2D eigenvalue weighted by molar-refractivity contribution is 0.933. The van der Waals surface area contributed by atoms with Gasteiger partial charge in [0.15, 0.2) is 0 Å². The second-order valence-corrected chi connectivity index (χ2v) is 6.05. The molecule has 0 aliphatic rings. The van der Waals surface area contributed by atoms with E-state index in [4.69, 9.17) is 0 Å². The molecule has 96 valence electrons. The highest BCUT2D eigenvalue weighted by Crippen LogP contribution is 2.20. The van der Waals surface area contributed by atoms with Gasteiger partial charge in [-0.15, -0.1) is 0 Å². The normalized spacial score (nSPS) is 10.6. The molecule has 0 bridgehead atoms. The standard InChI is InChI=1S/C12H20IN3S/c1-4-6-14-12-11(13)9(3)15-10(16-12)8-17-7-5-2/h4-8H2,1-3H3,(H,14,15,16). The second-order valence-electron chi connectivity index (χ2n) is 3.87. The number of halogens is 1. The van der Waals surface area contributed by atoms with Gasteiger partial charge in [0.05, 0.1) is 15.0 Å². The molecule has 1 N–H and O–H groups in total. The van der Waals surface area contributed by atoms with Crippen LogP contribution in [0.3, 0.4) is 0 Å². The van der Waals surface area contributed by atoms with E-state index in [1.54, 1.807) is 0 Å². The third-order valence-electron chi connectivity index (χ3n) is 2.19. The molecule has 0 aromatic carbocycles. The molecule has 0 saturated heterocycles.